The average molecular weight is 313 g/mol. The molecule has 0 saturated carbocycles. The second-order valence-electron chi connectivity index (χ2n) is 4.27. The molecule has 0 amide bonds. The van der Waals surface area contributed by atoms with E-state index < -0.39 is 39.5 Å². The summed E-state index contributed by atoms with van der Waals surface area (Å²) in [6.07, 6.45) is -5.24. The fourth-order valence-corrected chi connectivity index (χ4v) is 1.92. The molecular formula is C14H7F4NO3. The highest BCUT2D eigenvalue weighted by Crippen LogP contribution is 2.38. The molecule has 0 atom stereocenters. The summed E-state index contributed by atoms with van der Waals surface area (Å²) in [7, 11) is 0. The van der Waals surface area contributed by atoms with Crippen molar-refractivity contribution in [3.05, 3.63) is 75.1 Å². The second kappa shape index (κ2) is 5.55. The van der Waals surface area contributed by atoms with Gasteiger partial charge < -0.3 is 0 Å². The largest absolute Gasteiger partial charge is 0.420 e. The number of carbonyl (C=O) groups is 1. The van der Waals surface area contributed by atoms with Gasteiger partial charge in [0, 0.05) is 17.2 Å². The number of halogens is 4. The van der Waals surface area contributed by atoms with Crippen LogP contribution in [0.5, 0.6) is 0 Å². The van der Waals surface area contributed by atoms with Crippen molar-refractivity contribution in [2.24, 2.45) is 0 Å². The number of ketones is 1. The van der Waals surface area contributed by atoms with Crippen molar-refractivity contribution in [1.29, 1.82) is 0 Å². The minimum absolute atomic E-state index is 0.0822. The molecule has 0 unspecified atom stereocenters. The van der Waals surface area contributed by atoms with Crippen LogP contribution in [0.2, 0.25) is 0 Å². The maximum Gasteiger partial charge on any atom is 0.420 e. The van der Waals surface area contributed by atoms with Crippen molar-refractivity contribution in [2.75, 3.05) is 0 Å². The molecule has 2 aromatic rings. The summed E-state index contributed by atoms with van der Waals surface area (Å²) in [6.45, 7) is 0. The topological polar surface area (TPSA) is 60.2 Å². The Morgan fingerprint density at radius 3 is 2.14 bits per heavy atom. The molecule has 0 N–H and O–H groups in total. The van der Waals surface area contributed by atoms with E-state index in [0.717, 1.165) is 0 Å². The lowest BCUT2D eigenvalue weighted by Crippen LogP contribution is -2.17. The monoisotopic (exact) mass is 313 g/mol. The van der Waals surface area contributed by atoms with Crippen LogP contribution in [-0.4, -0.2) is 10.7 Å². The summed E-state index contributed by atoms with van der Waals surface area (Å²) in [5.74, 6) is -3.14. The quantitative estimate of drug-likeness (QED) is 0.373. The molecule has 0 heterocycles. The smallest absolute Gasteiger partial charge is 0.289 e. The zero-order chi connectivity index (χ0) is 16.5. The normalized spacial score (nSPS) is 11.3. The van der Waals surface area contributed by atoms with Crippen LogP contribution in [-0.2, 0) is 6.18 Å². The van der Waals surface area contributed by atoms with Crippen LogP contribution in [0.25, 0.3) is 0 Å². The summed E-state index contributed by atoms with van der Waals surface area (Å²) in [5, 5.41) is 10.6. The molecule has 0 aliphatic carbocycles. The Morgan fingerprint density at radius 2 is 1.64 bits per heavy atom. The predicted octanol–water partition coefficient (Wildman–Crippen LogP) is 3.98. The van der Waals surface area contributed by atoms with Crippen molar-refractivity contribution in [3.8, 4) is 0 Å². The van der Waals surface area contributed by atoms with E-state index in [1.165, 1.54) is 24.3 Å². The third kappa shape index (κ3) is 2.80. The Balaban J connectivity index is 2.69. The highest BCUT2D eigenvalue weighted by atomic mass is 19.4. The number of alkyl halides is 3. The number of carbonyl (C=O) groups excluding carboxylic acids is 1. The minimum atomic E-state index is -5.24. The Hall–Kier alpha value is -2.77. The van der Waals surface area contributed by atoms with Gasteiger partial charge in [-0.15, -0.1) is 0 Å². The highest BCUT2D eigenvalue weighted by Gasteiger charge is 2.41. The third-order valence-corrected chi connectivity index (χ3v) is 2.88. The van der Waals surface area contributed by atoms with Crippen LogP contribution in [0.15, 0.2) is 42.5 Å². The van der Waals surface area contributed by atoms with Gasteiger partial charge in [0.1, 0.15) is 5.56 Å². The first-order valence-electron chi connectivity index (χ1n) is 5.87. The van der Waals surface area contributed by atoms with E-state index in [-0.39, 0.29) is 5.56 Å². The molecule has 0 aliphatic rings. The lowest BCUT2D eigenvalue weighted by molar-refractivity contribution is -0.387. The summed E-state index contributed by atoms with van der Waals surface area (Å²) >= 11 is 0. The van der Waals surface area contributed by atoms with Gasteiger partial charge >= 0.3 is 11.9 Å². The molecule has 4 nitrogen and oxygen atoms in total. The minimum Gasteiger partial charge on any atom is -0.289 e. The number of nitrogens with zero attached hydrogens (tertiary/aromatic N) is 1. The van der Waals surface area contributed by atoms with Gasteiger partial charge in [0.25, 0.3) is 0 Å². The van der Waals surface area contributed by atoms with Crippen LogP contribution in [0, 0.1) is 15.9 Å². The van der Waals surface area contributed by atoms with Crippen LogP contribution >= 0.6 is 0 Å². The molecule has 0 aromatic heterocycles. The molecule has 114 valence electrons. The first kappa shape index (κ1) is 15.6. The standard InChI is InChI=1S/C14H7F4NO3/c15-12-10(19(21)22)7-6-9(11(12)14(16,17)18)13(20)8-4-2-1-3-5-8/h1-7H. The fourth-order valence-electron chi connectivity index (χ4n) is 1.92. The predicted molar refractivity (Wildman–Crippen MR) is 67.9 cm³/mol. The van der Waals surface area contributed by atoms with E-state index in [1.54, 1.807) is 6.07 Å². The molecule has 2 aromatic carbocycles. The van der Waals surface area contributed by atoms with E-state index in [9.17, 15) is 32.5 Å². The van der Waals surface area contributed by atoms with Gasteiger partial charge in [-0.3, -0.25) is 14.9 Å². The van der Waals surface area contributed by atoms with Crippen LogP contribution < -0.4 is 0 Å². The molecular weight excluding hydrogens is 306 g/mol. The highest BCUT2D eigenvalue weighted by molar-refractivity contribution is 6.10. The summed E-state index contributed by atoms with van der Waals surface area (Å²) in [4.78, 5) is 21.4. The summed E-state index contributed by atoms with van der Waals surface area (Å²) in [6, 6.07) is 8.10. The van der Waals surface area contributed by atoms with Crippen molar-refractivity contribution < 1.29 is 27.3 Å². The number of rotatable bonds is 3. The lowest BCUT2D eigenvalue weighted by Gasteiger charge is -2.13. The van der Waals surface area contributed by atoms with Crippen LogP contribution in [0.3, 0.4) is 0 Å². The van der Waals surface area contributed by atoms with E-state index >= 15 is 0 Å². The molecule has 0 fully saturated rings. The maximum atomic E-state index is 13.8. The molecule has 2 rings (SSSR count). The van der Waals surface area contributed by atoms with E-state index in [0.29, 0.717) is 12.1 Å². The maximum absolute atomic E-state index is 13.8. The van der Waals surface area contributed by atoms with Gasteiger partial charge in [-0.1, -0.05) is 30.3 Å². The number of benzene rings is 2. The fraction of sp³-hybridized carbons (Fsp3) is 0.0714. The van der Waals surface area contributed by atoms with Crippen LogP contribution in [0.4, 0.5) is 23.2 Å². The average Bonchev–Trinajstić information content (AvgIpc) is 2.45. The van der Waals surface area contributed by atoms with Gasteiger partial charge in [0.05, 0.1) is 4.92 Å². The van der Waals surface area contributed by atoms with Gasteiger partial charge in [-0.2, -0.15) is 17.6 Å². The molecule has 0 spiro atoms. The number of nitro groups is 1. The first-order valence-corrected chi connectivity index (χ1v) is 5.87. The molecule has 0 radical (unpaired) electrons. The van der Waals surface area contributed by atoms with Crippen molar-refractivity contribution >= 4 is 11.5 Å². The Bertz CT molecular complexity index is 742. The Kier molecular flexibility index (Phi) is 3.94. The van der Waals surface area contributed by atoms with E-state index in [4.69, 9.17) is 0 Å². The summed E-state index contributed by atoms with van der Waals surface area (Å²) in [5.41, 5.74) is -4.32. The van der Waals surface area contributed by atoms with Gasteiger partial charge in [0.2, 0.25) is 5.82 Å². The van der Waals surface area contributed by atoms with Gasteiger partial charge in [-0.25, -0.2) is 0 Å². The second-order valence-corrected chi connectivity index (χ2v) is 4.27. The Morgan fingerprint density at radius 1 is 1.05 bits per heavy atom. The van der Waals surface area contributed by atoms with Gasteiger partial charge in [0.15, 0.2) is 5.78 Å². The molecule has 8 heteroatoms. The number of hydrogen-bond donors (Lipinski definition) is 0. The lowest BCUT2D eigenvalue weighted by atomic mass is 9.97. The first-order chi connectivity index (χ1) is 10.2. The van der Waals surface area contributed by atoms with Crippen molar-refractivity contribution in [1.82, 2.24) is 0 Å². The SMILES string of the molecule is O=C(c1ccccc1)c1ccc([N+](=O)[O-])c(F)c1C(F)(F)F. The molecule has 0 bridgehead atoms. The van der Waals surface area contributed by atoms with Gasteiger partial charge in [-0.05, 0) is 6.07 Å². The molecule has 0 saturated heterocycles. The summed E-state index contributed by atoms with van der Waals surface area (Å²) < 4.78 is 52.9. The van der Waals surface area contributed by atoms with E-state index in [2.05, 4.69) is 0 Å². The Labute approximate surface area is 121 Å². The number of nitro benzene ring substituents is 1. The van der Waals surface area contributed by atoms with Crippen molar-refractivity contribution in [2.45, 2.75) is 6.18 Å². The van der Waals surface area contributed by atoms with Crippen molar-refractivity contribution in [3.63, 3.8) is 0 Å². The third-order valence-electron chi connectivity index (χ3n) is 2.88. The zero-order valence-electron chi connectivity index (χ0n) is 10.7. The zero-order valence-corrected chi connectivity index (χ0v) is 10.7. The molecule has 0 aliphatic heterocycles. The van der Waals surface area contributed by atoms with E-state index in [1.807, 2.05) is 0 Å². The van der Waals surface area contributed by atoms with Crippen LogP contribution in [0.1, 0.15) is 21.5 Å². The number of hydrogen-bond acceptors (Lipinski definition) is 3. The molecule has 22 heavy (non-hydrogen) atoms.